The minimum atomic E-state index is 0.690. The lowest BCUT2D eigenvalue weighted by atomic mass is 10.2. The number of aromatic nitrogens is 1. The Kier molecular flexibility index (Phi) is 4.66. The molecule has 20 heavy (non-hydrogen) atoms. The summed E-state index contributed by atoms with van der Waals surface area (Å²) < 4.78 is 2.34. The Balaban J connectivity index is 2.22. The Labute approximate surface area is 122 Å². The Morgan fingerprint density at radius 3 is 2.30 bits per heavy atom. The summed E-state index contributed by atoms with van der Waals surface area (Å²) in [5.41, 5.74) is 6.58. The summed E-state index contributed by atoms with van der Waals surface area (Å²) in [7, 11) is 0. The minimum Gasteiger partial charge on any atom is -0.318 e. The quantitative estimate of drug-likeness (QED) is 0.863. The molecule has 0 radical (unpaired) electrons. The summed E-state index contributed by atoms with van der Waals surface area (Å²) in [6.45, 7) is 13.0. The fourth-order valence-corrected chi connectivity index (χ4v) is 2.59. The molecular weight excluding hydrogens is 244 g/mol. The second-order valence-corrected chi connectivity index (χ2v) is 6.09. The van der Waals surface area contributed by atoms with Gasteiger partial charge in [0.25, 0.3) is 0 Å². The van der Waals surface area contributed by atoms with E-state index in [0.29, 0.717) is 5.92 Å². The van der Waals surface area contributed by atoms with Crippen molar-refractivity contribution in [2.75, 3.05) is 6.54 Å². The molecule has 2 aromatic rings. The van der Waals surface area contributed by atoms with E-state index in [4.69, 9.17) is 0 Å². The van der Waals surface area contributed by atoms with Crippen molar-refractivity contribution in [3.05, 3.63) is 52.8 Å². The van der Waals surface area contributed by atoms with Gasteiger partial charge in [-0.2, -0.15) is 0 Å². The lowest BCUT2D eigenvalue weighted by molar-refractivity contribution is 0.551. The third-order valence-electron chi connectivity index (χ3n) is 3.70. The molecule has 0 aliphatic heterocycles. The summed E-state index contributed by atoms with van der Waals surface area (Å²) in [6.07, 6.45) is 0. The summed E-state index contributed by atoms with van der Waals surface area (Å²) in [5, 5.41) is 3.53. The van der Waals surface area contributed by atoms with Gasteiger partial charge in [-0.3, -0.25) is 0 Å². The molecule has 2 rings (SSSR count). The van der Waals surface area contributed by atoms with Gasteiger partial charge in [-0.05, 0) is 57.0 Å². The second-order valence-electron chi connectivity index (χ2n) is 6.09. The van der Waals surface area contributed by atoms with Crippen LogP contribution in [0.1, 0.15) is 36.4 Å². The molecule has 0 fully saturated rings. The number of nitrogens with zero attached hydrogens (tertiary/aromatic N) is 1. The van der Waals surface area contributed by atoms with Crippen LogP contribution < -0.4 is 5.32 Å². The molecule has 1 aromatic carbocycles. The molecule has 1 N–H and O–H groups in total. The number of hydrogen-bond acceptors (Lipinski definition) is 1. The van der Waals surface area contributed by atoms with Crippen LogP contribution in [0, 0.1) is 26.7 Å². The molecule has 0 atom stereocenters. The van der Waals surface area contributed by atoms with Crippen LogP contribution in [0.4, 0.5) is 0 Å². The van der Waals surface area contributed by atoms with Gasteiger partial charge in [-0.15, -0.1) is 0 Å². The fraction of sp³-hybridized carbons (Fsp3) is 0.444. The zero-order chi connectivity index (χ0) is 14.7. The normalized spacial score (nSPS) is 11.3. The highest BCUT2D eigenvalue weighted by atomic mass is 15.0. The van der Waals surface area contributed by atoms with Crippen molar-refractivity contribution in [3.63, 3.8) is 0 Å². The number of hydrogen-bond donors (Lipinski definition) is 1. The van der Waals surface area contributed by atoms with E-state index in [0.717, 1.165) is 13.1 Å². The van der Waals surface area contributed by atoms with Gasteiger partial charge < -0.3 is 9.88 Å². The first kappa shape index (κ1) is 14.9. The monoisotopic (exact) mass is 270 g/mol. The van der Waals surface area contributed by atoms with Gasteiger partial charge in [-0.25, -0.2) is 0 Å². The summed E-state index contributed by atoms with van der Waals surface area (Å²) >= 11 is 0. The number of rotatable bonds is 5. The highest BCUT2D eigenvalue weighted by Crippen LogP contribution is 2.21. The van der Waals surface area contributed by atoms with Gasteiger partial charge in [0.1, 0.15) is 0 Å². The first-order chi connectivity index (χ1) is 9.49. The molecule has 0 saturated heterocycles. The fourth-order valence-electron chi connectivity index (χ4n) is 2.59. The van der Waals surface area contributed by atoms with E-state index in [2.05, 4.69) is 74.8 Å². The molecule has 0 amide bonds. The van der Waals surface area contributed by atoms with Crippen molar-refractivity contribution < 1.29 is 0 Å². The second kappa shape index (κ2) is 6.27. The van der Waals surface area contributed by atoms with Gasteiger partial charge in [0.2, 0.25) is 0 Å². The van der Waals surface area contributed by atoms with Crippen molar-refractivity contribution in [3.8, 4) is 5.69 Å². The molecule has 0 saturated carbocycles. The van der Waals surface area contributed by atoms with Crippen LogP contribution in [-0.4, -0.2) is 11.1 Å². The van der Waals surface area contributed by atoms with Gasteiger partial charge in [-0.1, -0.05) is 31.5 Å². The van der Waals surface area contributed by atoms with Gasteiger partial charge in [0.15, 0.2) is 0 Å². The van der Waals surface area contributed by atoms with Crippen molar-refractivity contribution in [1.82, 2.24) is 9.88 Å². The van der Waals surface area contributed by atoms with Gasteiger partial charge in [0, 0.05) is 23.6 Å². The van der Waals surface area contributed by atoms with Crippen molar-refractivity contribution in [1.29, 1.82) is 0 Å². The SMILES string of the molecule is Cc1ccc(-n2c(C)cc(CNCC(C)C)c2C)cc1. The maximum Gasteiger partial charge on any atom is 0.0455 e. The topological polar surface area (TPSA) is 17.0 Å². The van der Waals surface area contributed by atoms with E-state index in [1.165, 1.54) is 28.2 Å². The molecule has 108 valence electrons. The van der Waals surface area contributed by atoms with Crippen molar-refractivity contribution in [2.45, 2.75) is 41.2 Å². The van der Waals surface area contributed by atoms with Crippen molar-refractivity contribution in [2.24, 2.45) is 5.92 Å². The van der Waals surface area contributed by atoms with E-state index in [1.807, 2.05) is 0 Å². The molecule has 1 heterocycles. The van der Waals surface area contributed by atoms with E-state index < -0.39 is 0 Å². The standard InChI is InChI=1S/C18H26N2/c1-13(2)11-19-12-17-10-15(4)20(16(17)5)18-8-6-14(3)7-9-18/h6-10,13,19H,11-12H2,1-5H3. The average Bonchev–Trinajstić information content (AvgIpc) is 2.66. The molecule has 2 nitrogen and oxygen atoms in total. The first-order valence-corrected chi connectivity index (χ1v) is 7.44. The number of aryl methyl sites for hydroxylation is 2. The van der Waals surface area contributed by atoms with Crippen LogP contribution >= 0.6 is 0 Å². The molecule has 0 spiro atoms. The zero-order valence-corrected chi connectivity index (χ0v) is 13.3. The summed E-state index contributed by atoms with van der Waals surface area (Å²) in [4.78, 5) is 0. The summed E-state index contributed by atoms with van der Waals surface area (Å²) in [5.74, 6) is 0.690. The van der Waals surface area contributed by atoms with Crippen LogP contribution in [0.25, 0.3) is 5.69 Å². The maximum absolute atomic E-state index is 3.53. The van der Waals surface area contributed by atoms with Crippen LogP contribution in [0.2, 0.25) is 0 Å². The number of nitrogens with one attached hydrogen (secondary N) is 1. The highest BCUT2D eigenvalue weighted by molar-refractivity contribution is 5.42. The molecule has 0 unspecified atom stereocenters. The lowest BCUT2D eigenvalue weighted by Crippen LogP contribution is -2.19. The van der Waals surface area contributed by atoms with E-state index in [1.54, 1.807) is 0 Å². The Hall–Kier alpha value is -1.54. The van der Waals surface area contributed by atoms with Crippen LogP contribution in [0.3, 0.4) is 0 Å². The Bertz CT molecular complexity index is 562. The molecule has 0 bridgehead atoms. The van der Waals surface area contributed by atoms with E-state index in [9.17, 15) is 0 Å². The Morgan fingerprint density at radius 2 is 1.70 bits per heavy atom. The minimum absolute atomic E-state index is 0.690. The third-order valence-corrected chi connectivity index (χ3v) is 3.70. The van der Waals surface area contributed by atoms with Crippen LogP contribution in [-0.2, 0) is 6.54 Å². The van der Waals surface area contributed by atoms with Crippen molar-refractivity contribution >= 4 is 0 Å². The zero-order valence-electron chi connectivity index (χ0n) is 13.3. The average molecular weight is 270 g/mol. The van der Waals surface area contributed by atoms with E-state index in [-0.39, 0.29) is 0 Å². The van der Waals surface area contributed by atoms with Crippen LogP contribution in [0.15, 0.2) is 30.3 Å². The summed E-state index contributed by atoms with van der Waals surface area (Å²) in [6, 6.07) is 11.0. The predicted molar refractivity (Wildman–Crippen MR) is 86.5 cm³/mol. The predicted octanol–water partition coefficient (Wildman–Crippen LogP) is 4.15. The van der Waals surface area contributed by atoms with E-state index >= 15 is 0 Å². The molecule has 2 heteroatoms. The molecule has 0 aliphatic rings. The third kappa shape index (κ3) is 3.31. The largest absolute Gasteiger partial charge is 0.318 e. The molecular formula is C18H26N2. The molecule has 0 aliphatic carbocycles. The number of benzene rings is 1. The Morgan fingerprint density at radius 1 is 1.05 bits per heavy atom. The molecule has 1 aromatic heterocycles. The first-order valence-electron chi connectivity index (χ1n) is 7.44. The lowest BCUT2D eigenvalue weighted by Gasteiger charge is -2.11. The van der Waals surface area contributed by atoms with Crippen LogP contribution in [0.5, 0.6) is 0 Å². The van der Waals surface area contributed by atoms with Gasteiger partial charge in [0.05, 0.1) is 0 Å². The highest BCUT2D eigenvalue weighted by Gasteiger charge is 2.10. The maximum atomic E-state index is 3.53. The smallest absolute Gasteiger partial charge is 0.0455 e. The van der Waals surface area contributed by atoms with Gasteiger partial charge >= 0.3 is 0 Å².